The van der Waals surface area contributed by atoms with E-state index in [1.165, 1.54) is 6.39 Å². The average Bonchev–Trinajstić information content (AvgIpc) is 2.88. The summed E-state index contributed by atoms with van der Waals surface area (Å²) in [4.78, 5) is 16.2. The van der Waals surface area contributed by atoms with Gasteiger partial charge in [0.15, 0.2) is 12.0 Å². The Kier molecular flexibility index (Phi) is 3.69. The van der Waals surface area contributed by atoms with Gasteiger partial charge in [-0.05, 0) is 31.0 Å². The Morgan fingerprint density at radius 2 is 2.21 bits per heavy atom. The van der Waals surface area contributed by atoms with Crippen molar-refractivity contribution in [3.63, 3.8) is 0 Å². The van der Waals surface area contributed by atoms with Crippen molar-refractivity contribution in [1.29, 1.82) is 0 Å². The zero-order chi connectivity index (χ0) is 13.2. The van der Waals surface area contributed by atoms with E-state index in [9.17, 15) is 4.79 Å². The van der Waals surface area contributed by atoms with Crippen LogP contribution in [0.3, 0.4) is 0 Å². The van der Waals surface area contributed by atoms with Gasteiger partial charge in [0, 0.05) is 47.6 Å². The highest BCUT2D eigenvalue weighted by molar-refractivity contribution is 14.1. The number of benzene rings is 1. The number of carbonyl (C=O) groups is 1. The molecule has 0 spiro atoms. The summed E-state index contributed by atoms with van der Waals surface area (Å²) in [6, 6.07) is 5.59. The lowest BCUT2D eigenvalue weighted by Crippen LogP contribution is -2.41. The number of oxazole rings is 1. The lowest BCUT2D eigenvalue weighted by molar-refractivity contribution is 0.0926. The Balaban J connectivity index is 1.69. The Hall–Kier alpha value is -1.15. The quantitative estimate of drug-likeness (QED) is 0.651. The summed E-state index contributed by atoms with van der Waals surface area (Å²) < 4.78 is 7.42. The maximum atomic E-state index is 12.2. The van der Waals surface area contributed by atoms with Gasteiger partial charge in [-0.15, -0.1) is 0 Å². The van der Waals surface area contributed by atoms with Crippen molar-refractivity contribution in [3.8, 4) is 0 Å². The maximum absolute atomic E-state index is 12.2. The minimum atomic E-state index is -0.0307. The van der Waals surface area contributed by atoms with Crippen molar-refractivity contribution in [2.75, 3.05) is 13.1 Å². The van der Waals surface area contributed by atoms with Gasteiger partial charge in [0.2, 0.25) is 0 Å². The van der Waals surface area contributed by atoms with E-state index < -0.39 is 0 Å². The first-order valence-corrected chi connectivity index (χ1v) is 7.24. The highest BCUT2D eigenvalue weighted by atomic mass is 127. The fourth-order valence-electron chi connectivity index (χ4n) is 2.26. The largest absolute Gasteiger partial charge is 0.443 e. The van der Waals surface area contributed by atoms with Crippen LogP contribution in [0.25, 0.3) is 11.1 Å². The van der Waals surface area contributed by atoms with E-state index >= 15 is 0 Å². The topological polar surface area (TPSA) is 58.4 Å². The fourth-order valence-corrected chi connectivity index (χ4v) is 2.82. The van der Waals surface area contributed by atoms with Gasteiger partial charge >= 0.3 is 0 Å². The Morgan fingerprint density at radius 3 is 3.00 bits per heavy atom. The fraction of sp³-hybridized carbons (Fsp3) is 0.385. The SMILES string of the molecule is O=C(NC1CCN(I)CC1)c1ccc2ocnc2c1. The molecule has 19 heavy (non-hydrogen) atoms. The summed E-state index contributed by atoms with van der Waals surface area (Å²) >= 11 is 2.32. The van der Waals surface area contributed by atoms with Crippen LogP contribution in [0.15, 0.2) is 29.0 Å². The van der Waals surface area contributed by atoms with E-state index in [4.69, 9.17) is 4.42 Å². The van der Waals surface area contributed by atoms with Gasteiger partial charge in [0.25, 0.3) is 5.91 Å². The third-order valence-electron chi connectivity index (χ3n) is 3.37. The van der Waals surface area contributed by atoms with Crippen LogP contribution in [0, 0.1) is 0 Å². The van der Waals surface area contributed by atoms with Crippen molar-refractivity contribution < 1.29 is 9.21 Å². The second-order valence-corrected chi connectivity index (χ2v) is 6.06. The molecular weight excluding hydrogens is 357 g/mol. The normalized spacial score (nSPS) is 17.7. The molecule has 0 unspecified atom stereocenters. The van der Waals surface area contributed by atoms with E-state index in [0.29, 0.717) is 11.1 Å². The van der Waals surface area contributed by atoms with Crippen LogP contribution >= 0.6 is 22.9 Å². The molecular formula is C13H14IN3O2. The number of nitrogens with one attached hydrogen (secondary N) is 1. The Morgan fingerprint density at radius 1 is 1.42 bits per heavy atom. The second-order valence-electron chi connectivity index (χ2n) is 4.69. The van der Waals surface area contributed by atoms with E-state index in [2.05, 4.69) is 36.3 Å². The van der Waals surface area contributed by atoms with Crippen LogP contribution in [0.5, 0.6) is 0 Å². The van der Waals surface area contributed by atoms with Gasteiger partial charge in [-0.3, -0.25) is 4.79 Å². The average molecular weight is 371 g/mol. The molecule has 0 radical (unpaired) electrons. The molecule has 2 heterocycles. The van der Waals surface area contributed by atoms with Gasteiger partial charge in [-0.1, -0.05) is 0 Å². The van der Waals surface area contributed by atoms with Gasteiger partial charge in [0.1, 0.15) is 5.52 Å². The molecule has 2 aromatic rings. The van der Waals surface area contributed by atoms with Crippen molar-refractivity contribution in [2.24, 2.45) is 0 Å². The van der Waals surface area contributed by atoms with Gasteiger partial charge in [-0.2, -0.15) is 0 Å². The lowest BCUT2D eigenvalue weighted by Gasteiger charge is -2.28. The summed E-state index contributed by atoms with van der Waals surface area (Å²) in [7, 11) is 0. The van der Waals surface area contributed by atoms with Crippen LogP contribution in [-0.2, 0) is 0 Å². The number of amides is 1. The third kappa shape index (κ3) is 2.89. The van der Waals surface area contributed by atoms with Crippen LogP contribution in [0.2, 0.25) is 0 Å². The molecule has 0 atom stereocenters. The Labute approximate surface area is 124 Å². The number of hydrogen-bond acceptors (Lipinski definition) is 4. The molecule has 0 saturated carbocycles. The number of nitrogens with zero attached hydrogens (tertiary/aromatic N) is 2. The number of aromatic nitrogens is 1. The molecule has 100 valence electrons. The van der Waals surface area contributed by atoms with Gasteiger partial charge < -0.3 is 9.73 Å². The number of halogens is 1. The molecule has 1 aromatic carbocycles. The Bertz CT molecular complexity index is 590. The predicted octanol–water partition coefficient (Wildman–Crippen LogP) is 2.37. The smallest absolute Gasteiger partial charge is 0.251 e. The monoisotopic (exact) mass is 371 g/mol. The highest BCUT2D eigenvalue weighted by Crippen LogP contribution is 2.16. The van der Waals surface area contributed by atoms with Crippen molar-refractivity contribution in [3.05, 3.63) is 30.2 Å². The molecule has 1 aliphatic heterocycles. The number of hydrogen-bond donors (Lipinski definition) is 1. The van der Waals surface area contributed by atoms with Crippen molar-refractivity contribution in [1.82, 2.24) is 13.4 Å². The first-order valence-electron chi connectivity index (χ1n) is 6.27. The molecule has 1 aliphatic rings. The summed E-state index contributed by atoms with van der Waals surface area (Å²) in [6.45, 7) is 2.04. The zero-order valence-electron chi connectivity index (χ0n) is 10.3. The van der Waals surface area contributed by atoms with E-state index in [1.807, 2.05) is 0 Å². The van der Waals surface area contributed by atoms with Crippen LogP contribution in [0.4, 0.5) is 0 Å². The molecule has 3 rings (SSSR count). The maximum Gasteiger partial charge on any atom is 0.251 e. The lowest BCUT2D eigenvalue weighted by atomic mass is 10.1. The van der Waals surface area contributed by atoms with Gasteiger partial charge in [-0.25, -0.2) is 8.10 Å². The number of carbonyl (C=O) groups excluding carboxylic acids is 1. The van der Waals surface area contributed by atoms with Crippen LogP contribution in [0.1, 0.15) is 23.2 Å². The minimum absolute atomic E-state index is 0.0307. The van der Waals surface area contributed by atoms with Crippen LogP contribution < -0.4 is 5.32 Å². The van der Waals surface area contributed by atoms with Crippen LogP contribution in [-0.4, -0.2) is 33.1 Å². The van der Waals surface area contributed by atoms with E-state index in [1.54, 1.807) is 18.2 Å². The number of fused-ring (bicyclic) bond motifs is 1. The first-order chi connectivity index (χ1) is 9.22. The molecule has 0 aliphatic carbocycles. The molecule has 1 saturated heterocycles. The van der Waals surface area contributed by atoms with E-state index in [0.717, 1.165) is 31.4 Å². The standard InChI is InChI=1S/C13H14IN3O2/c14-17-5-3-10(4-6-17)16-13(18)9-1-2-12-11(7-9)15-8-19-12/h1-2,7-8,10H,3-6H2,(H,16,18). The van der Waals surface area contributed by atoms with Crippen molar-refractivity contribution in [2.45, 2.75) is 18.9 Å². The molecule has 1 aromatic heterocycles. The summed E-state index contributed by atoms with van der Waals surface area (Å²) in [5.41, 5.74) is 2.06. The molecule has 0 bridgehead atoms. The van der Waals surface area contributed by atoms with Crippen molar-refractivity contribution >= 4 is 39.9 Å². The first kappa shape index (κ1) is 12.9. The third-order valence-corrected chi connectivity index (χ3v) is 4.33. The number of piperidine rings is 1. The summed E-state index contributed by atoms with van der Waals surface area (Å²) in [5.74, 6) is -0.0307. The molecule has 6 heteroatoms. The van der Waals surface area contributed by atoms with Gasteiger partial charge in [0.05, 0.1) is 0 Å². The molecule has 5 nitrogen and oxygen atoms in total. The summed E-state index contributed by atoms with van der Waals surface area (Å²) in [5, 5.41) is 3.09. The highest BCUT2D eigenvalue weighted by Gasteiger charge is 2.20. The molecule has 1 amide bonds. The zero-order valence-corrected chi connectivity index (χ0v) is 12.5. The molecule has 1 fully saturated rings. The predicted molar refractivity (Wildman–Crippen MR) is 80.1 cm³/mol. The number of rotatable bonds is 2. The van der Waals surface area contributed by atoms with E-state index in [-0.39, 0.29) is 11.9 Å². The molecule has 1 N–H and O–H groups in total. The second kappa shape index (κ2) is 5.46. The summed E-state index contributed by atoms with van der Waals surface area (Å²) in [6.07, 6.45) is 3.39. The minimum Gasteiger partial charge on any atom is -0.443 e.